The molecular formula is C24H28FN7O. The van der Waals surface area contributed by atoms with E-state index in [1.54, 1.807) is 16.8 Å². The summed E-state index contributed by atoms with van der Waals surface area (Å²) in [6.45, 7) is 4.00. The van der Waals surface area contributed by atoms with Gasteiger partial charge in [0.2, 0.25) is 5.95 Å². The van der Waals surface area contributed by atoms with Crippen molar-refractivity contribution in [1.82, 2.24) is 24.4 Å². The molecule has 0 radical (unpaired) electrons. The van der Waals surface area contributed by atoms with E-state index in [2.05, 4.69) is 37.1 Å². The second-order valence-corrected chi connectivity index (χ2v) is 8.81. The van der Waals surface area contributed by atoms with Crippen molar-refractivity contribution in [3.63, 3.8) is 0 Å². The first-order chi connectivity index (χ1) is 16.1. The van der Waals surface area contributed by atoms with Crippen LogP contribution in [0.5, 0.6) is 0 Å². The average molecular weight is 450 g/mol. The Hall–Kier alpha value is -3.33. The molecule has 3 aromatic rings. The Morgan fingerprint density at radius 3 is 2.52 bits per heavy atom. The third kappa shape index (κ3) is 4.73. The Morgan fingerprint density at radius 1 is 1.00 bits per heavy atom. The highest BCUT2D eigenvalue weighted by Crippen LogP contribution is 2.30. The molecule has 1 aliphatic carbocycles. The molecule has 5 rings (SSSR count). The normalized spacial score (nSPS) is 17.5. The Morgan fingerprint density at radius 2 is 1.79 bits per heavy atom. The number of nitrogens with one attached hydrogen (secondary N) is 1. The van der Waals surface area contributed by atoms with Gasteiger partial charge < -0.3 is 19.7 Å². The lowest BCUT2D eigenvalue weighted by Gasteiger charge is -2.33. The summed E-state index contributed by atoms with van der Waals surface area (Å²) in [6.07, 6.45) is 8.85. The lowest BCUT2D eigenvalue weighted by atomic mass is 10.1. The number of likely N-dealkylation sites (N-methyl/N-ethyl adjacent to an activating group) is 1. The Labute approximate surface area is 192 Å². The number of hydrogen-bond acceptors (Lipinski definition) is 7. The van der Waals surface area contributed by atoms with Crippen LogP contribution >= 0.6 is 0 Å². The van der Waals surface area contributed by atoms with Crippen LogP contribution in [0, 0.1) is 5.82 Å². The van der Waals surface area contributed by atoms with Crippen molar-refractivity contribution in [2.24, 2.45) is 0 Å². The van der Waals surface area contributed by atoms with E-state index in [1.165, 1.54) is 6.07 Å². The highest BCUT2D eigenvalue weighted by molar-refractivity contribution is 5.61. The number of anilines is 3. The molecule has 8 nitrogen and oxygen atoms in total. The first-order valence-electron chi connectivity index (χ1n) is 11.5. The third-order valence-corrected chi connectivity index (χ3v) is 6.53. The molecule has 0 spiro atoms. The van der Waals surface area contributed by atoms with Gasteiger partial charge in [0.05, 0.1) is 18.1 Å². The zero-order valence-electron chi connectivity index (χ0n) is 18.7. The van der Waals surface area contributed by atoms with Crippen LogP contribution in [0.3, 0.4) is 0 Å². The van der Waals surface area contributed by atoms with Crippen LogP contribution in [0.25, 0.3) is 11.3 Å². The van der Waals surface area contributed by atoms with Crippen molar-refractivity contribution >= 4 is 17.5 Å². The molecule has 0 amide bonds. The number of aromatic nitrogens is 4. The van der Waals surface area contributed by atoms with Crippen LogP contribution < -0.4 is 15.8 Å². The van der Waals surface area contributed by atoms with Gasteiger partial charge >= 0.3 is 0 Å². The lowest BCUT2D eigenvalue weighted by Crippen LogP contribution is -2.44. The molecule has 172 valence electrons. The molecule has 33 heavy (non-hydrogen) atoms. The molecule has 0 bridgehead atoms. The highest BCUT2D eigenvalue weighted by Gasteiger charge is 2.19. The van der Waals surface area contributed by atoms with Gasteiger partial charge in [-0.3, -0.25) is 4.79 Å². The van der Waals surface area contributed by atoms with Crippen LogP contribution in [-0.4, -0.2) is 57.6 Å². The van der Waals surface area contributed by atoms with E-state index in [0.717, 1.165) is 63.7 Å². The van der Waals surface area contributed by atoms with Gasteiger partial charge in [0.1, 0.15) is 11.5 Å². The van der Waals surface area contributed by atoms with Gasteiger partial charge in [-0.15, -0.1) is 0 Å². The Kier molecular flexibility index (Phi) is 6.04. The fourth-order valence-electron chi connectivity index (χ4n) is 4.57. The molecule has 1 aliphatic heterocycles. The largest absolute Gasteiger partial charge is 0.368 e. The Balaban J connectivity index is 1.35. The maximum atomic E-state index is 14.6. The van der Waals surface area contributed by atoms with Crippen molar-refractivity contribution < 1.29 is 4.39 Å². The summed E-state index contributed by atoms with van der Waals surface area (Å²) in [6, 6.07) is 7.17. The molecule has 1 saturated heterocycles. The lowest BCUT2D eigenvalue weighted by molar-refractivity contribution is 0.313. The number of pyridine rings is 2. The van der Waals surface area contributed by atoms with Gasteiger partial charge in [-0.1, -0.05) is 12.8 Å². The summed E-state index contributed by atoms with van der Waals surface area (Å²) < 4.78 is 16.3. The third-order valence-electron chi connectivity index (χ3n) is 6.53. The molecule has 0 aromatic carbocycles. The minimum absolute atomic E-state index is 0.0666. The summed E-state index contributed by atoms with van der Waals surface area (Å²) in [4.78, 5) is 29.9. The first kappa shape index (κ1) is 21.5. The molecule has 4 heterocycles. The maximum Gasteiger partial charge on any atom is 0.250 e. The maximum absolute atomic E-state index is 14.6. The van der Waals surface area contributed by atoms with Crippen LogP contribution in [0.4, 0.5) is 21.8 Å². The number of halogens is 1. The second-order valence-electron chi connectivity index (χ2n) is 8.81. The number of piperazine rings is 1. The molecule has 2 aliphatic rings. The van der Waals surface area contributed by atoms with Crippen molar-refractivity contribution in [2.75, 3.05) is 43.4 Å². The molecule has 9 heteroatoms. The predicted octanol–water partition coefficient (Wildman–Crippen LogP) is 3.45. The van der Waals surface area contributed by atoms with E-state index >= 15 is 0 Å². The fourth-order valence-corrected chi connectivity index (χ4v) is 4.57. The molecule has 0 unspecified atom stereocenters. The quantitative estimate of drug-likeness (QED) is 0.639. The van der Waals surface area contributed by atoms with Gasteiger partial charge in [-0.2, -0.15) is 0 Å². The van der Waals surface area contributed by atoms with E-state index in [1.807, 2.05) is 18.3 Å². The predicted molar refractivity (Wildman–Crippen MR) is 126 cm³/mol. The monoisotopic (exact) mass is 449 g/mol. The first-order valence-corrected chi connectivity index (χ1v) is 11.5. The smallest absolute Gasteiger partial charge is 0.250 e. The van der Waals surface area contributed by atoms with Crippen molar-refractivity contribution in [1.29, 1.82) is 0 Å². The summed E-state index contributed by atoms with van der Waals surface area (Å²) in [7, 11) is 2.13. The standard InChI is InChI=1S/C24H28FN7O/c1-30-10-12-31(13-11-30)19-7-8-21(26-14-19)28-24-27-15-20(25)23(29-24)17-6-9-22(33)32(16-17)18-4-2-3-5-18/h6-9,14-16,18H,2-5,10-13H2,1H3,(H,26,27,28,29). The topological polar surface area (TPSA) is 79.2 Å². The SMILES string of the molecule is CN1CCN(c2ccc(Nc3ncc(F)c(-c4ccc(=O)n(C5CCCC5)c4)n3)nc2)CC1. The van der Waals surface area contributed by atoms with Crippen LogP contribution in [-0.2, 0) is 0 Å². The Bertz CT molecular complexity index is 1170. The summed E-state index contributed by atoms with van der Waals surface area (Å²) in [5, 5.41) is 3.06. The summed E-state index contributed by atoms with van der Waals surface area (Å²) >= 11 is 0. The van der Waals surface area contributed by atoms with E-state index < -0.39 is 5.82 Å². The van der Waals surface area contributed by atoms with Crippen molar-refractivity contribution in [2.45, 2.75) is 31.7 Å². The highest BCUT2D eigenvalue weighted by atomic mass is 19.1. The van der Waals surface area contributed by atoms with Gasteiger partial charge in [0, 0.05) is 50.0 Å². The summed E-state index contributed by atoms with van der Waals surface area (Å²) in [5.41, 5.74) is 1.72. The van der Waals surface area contributed by atoms with Gasteiger partial charge in [-0.25, -0.2) is 19.3 Å². The number of hydrogen-bond donors (Lipinski definition) is 1. The van der Waals surface area contributed by atoms with E-state index in [-0.39, 0.29) is 23.2 Å². The second kappa shape index (κ2) is 9.27. The minimum Gasteiger partial charge on any atom is -0.368 e. The molecular weight excluding hydrogens is 421 g/mol. The van der Waals surface area contributed by atoms with Gasteiger partial charge in [0.15, 0.2) is 5.82 Å². The van der Waals surface area contributed by atoms with Crippen LogP contribution in [0.1, 0.15) is 31.7 Å². The van der Waals surface area contributed by atoms with Gasteiger partial charge in [0.25, 0.3) is 5.56 Å². The van der Waals surface area contributed by atoms with Crippen LogP contribution in [0.15, 0.2) is 47.7 Å². The molecule has 1 saturated carbocycles. The van der Waals surface area contributed by atoms with Crippen molar-refractivity contribution in [3.8, 4) is 11.3 Å². The van der Waals surface area contributed by atoms with E-state index in [4.69, 9.17) is 0 Å². The minimum atomic E-state index is -0.532. The summed E-state index contributed by atoms with van der Waals surface area (Å²) in [5.74, 6) is 0.307. The van der Waals surface area contributed by atoms with E-state index in [9.17, 15) is 9.18 Å². The van der Waals surface area contributed by atoms with Crippen LogP contribution in [0.2, 0.25) is 0 Å². The molecule has 2 fully saturated rings. The van der Waals surface area contributed by atoms with E-state index in [0.29, 0.717) is 11.4 Å². The molecule has 3 aromatic heterocycles. The van der Waals surface area contributed by atoms with Gasteiger partial charge in [-0.05, 0) is 38.1 Å². The fraction of sp³-hybridized carbons (Fsp3) is 0.417. The average Bonchev–Trinajstić information content (AvgIpc) is 3.37. The number of rotatable bonds is 5. The van der Waals surface area contributed by atoms with Crippen molar-refractivity contribution in [3.05, 3.63) is 59.0 Å². The molecule has 1 N–H and O–H groups in total. The zero-order chi connectivity index (χ0) is 22.8. The zero-order valence-corrected chi connectivity index (χ0v) is 18.7. The number of nitrogens with zero attached hydrogens (tertiary/aromatic N) is 6. The molecule has 0 atom stereocenters.